The van der Waals surface area contributed by atoms with Gasteiger partial charge in [-0.3, -0.25) is 14.4 Å². The van der Waals surface area contributed by atoms with E-state index in [2.05, 4.69) is 20.8 Å². The molecule has 0 aliphatic carbocycles. The molecule has 4 nitrogen and oxygen atoms in total. The van der Waals surface area contributed by atoms with Crippen molar-refractivity contribution in [1.82, 2.24) is 0 Å². The maximum Gasteiger partial charge on any atom is 0.193 e. The van der Waals surface area contributed by atoms with Gasteiger partial charge < -0.3 is 5.73 Å². The molecule has 0 spiro atoms. The monoisotopic (exact) mass is 830 g/mol. The zero-order chi connectivity index (χ0) is 43.2. The van der Waals surface area contributed by atoms with E-state index in [4.69, 9.17) is 5.73 Å². The van der Waals surface area contributed by atoms with E-state index in [-0.39, 0.29) is 36.6 Å². The second kappa shape index (κ2) is 46.5. The lowest BCUT2D eigenvalue weighted by atomic mass is 9.79. The molecule has 0 aromatic heterocycles. The standard InChI is InChI=1S/C55H107NO3/c1-4-7-10-13-16-19-22-25-28-31-34-37-40-43-46-49-52(57)55(56,53(58)50-47-44-41-38-35-32-29-26-23-20-17-14-11-8-5-2)54(59)51-48-45-42-39-36-33-30-27-24-21-18-15-12-9-6-3/h4-51,56H2,1-3H3. The summed E-state index contributed by atoms with van der Waals surface area (Å²) in [5, 5.41) is 0. The van der Waals surface area contributed by atoms with Gasteiger partial charge in [-0.2, -0.15) is 0 Å². The van der Waals surface area contributed by atoms with E-state index < -0.39 is 5.54 Å². The SMILES string of the molecule is CCCCCCCCCCCCCCCCCC(=O)C(N)(C(=O)CCCCCCCCCCCCCCCCC)C(=O)CCCCCCCCCCCCCCCCC. The number of hydrogen-bond acceptors (Lipinski definition) is 4. The van der Waals surface area contributed by atoms with Crippen molar-refractivity contribution in [3.8, 4) is 0 Å². The molecule has 0 atom stereocenters. The molecule has 0 bridgehead atoms. The summed E-state index contributed by atoms with van der Waals surface area (Å²) < 4.78 is 0. The zero-order valence-corrected chi connectivity index (χ0v) is 40.7. The third-order valence-corrected chi connectivity index (χ3v) is 13.3. The minimum atomic E-state index is -1.93. The van der Waals surface area contributed by atoms with Crippen LogP contribution in [0.1, 0.15) is 329 Å². The average molecular weight is 830 g/mol. The minimum absolute atomic E-state index is 0.254. The number of hydrogen-bond donors (Lipinski definition) is 1. The van der Waals surface area contributed by atoms with Crippen molar-refractivity contribution in [2.24, 2.45) is 5.73 Å². The molecule has 0 unspecified atom stereocenters. The quantitative estimate of drug-likeness (QED) is 0.0489. The Hall–Kier alpha value is -1.03. The summed E-state index contributed by atoms with van der Waals surface area (Å²) in [7, 11) is 0. The predicted molar refractivity (Wildman–Crippen MR) is 261 cm³/mol. The molecule has 0 aromatic carbocycles. The Balaban J connectivity index is 4.48. The lowest BCUT2D eigenvalue weighted by Gasteiger charge is -2.25. The second-order valence-electron chi connectivity index (χ2n) is 19.2. The molecule has 0 heterocycles. The van der Waals surface area contributed by atoms with Gasteiger partial charge in [0.15, 0.2) is 22.9 Å². The first kappa shape index (κ1) is 58.0. The van der Waals surface area contributed by atoms with E-state index in [1.54, 1.807) is 0 Å². The van der Waals surface area contributed by atoms with Gasteiger partial charge in [-0.1, -0.05) is 290 Å². The number of carbonyl (C=O) groups excluding carboxylic acids is 3. The average Bonchev–Trinajstić information content (AvgIpc) is 3.24. The van der Waals surface area contributed by atoms with Crippen LogP contribution in [0.15, 0.2) is 0 Å². The van der Waals surface area contributed by atoms with E-state index in [1.165, 1.54) is 231 Å². The van der Waals surface area contributed by atoms with Gasteiger partial charge in [0, 0.05) is 19.3 Å². The number of Topliss-reactive ketones (excluding diaryl/α,β-unsaturated/α-hetero) is 3. The number of ketones is 3. The molecule has 0 aliphatic heterocycles. The summed E-state index contributed by atoms with van der Waals surface area (Å²) in [5.74, 6) is -0.947. The molecule has 0 saturated heterocycles. The summed E-state index contributed by atoms with van der Waals surface area (Å²) in [5.41, 5.74) is 4.73. The van der Waals surface area contributed by atoms with Crippen molar-refractivity contribution in [3.63, 3.8) is 0 Å². The van der Waals surface area contributed by atoms with E-state index in [1.807, 2.05) is 0 Å². The topological polar surface area (TPSA) is 77.2 Å². The Morgan fingerprint density at radius 1 is 0.237 bits per heavy atom. The van der Waals surface area contributed by atoms with E-state index >= 15 is 0 Å². The van der Waals surface area contributed by atoms with Crippen LogP contribution in [-0.4, -0.2) is 22.9 Å². The van der Waals surface area contributed by atoms with Crippen LogP contribution in [0.2, 0.25) is 0 Å². The molecular formula is C55H107NO3. The maximum atomic E-state index is 13.6. The molecule has 0 saturated carbocycles. The molecular weight excluding hydrogens is 723 g/mol. The molecule has 0 aromatic rings. The third-order valence-electron chi connectivity index (χ3n) is 13.3. The summed E-state index contributed by atoms with van der Waals surface area (Å²) in [6.07, 6.45) is 57.7. The van der Waals surface area contributed by atoms with Crippen LogP contribution in [0.25, 0.3) is 0 Å². The molecule has 350 valence electrons. The van der Waals surface area contributed by atoms with Gasteiger partial charge in [-0.05, 0) is 19.3 Å². The van der Waals surface area contributed by atoms with Crippen molar-refractivity contribution in [3.05, 3.63) is 0 Å². The largest absolute Gasteiger partial charge is 0.307 e. The van der Waals surface area contributed by atoms with E-state index in [0.29, 0.717) is 0 Å². The highest BCUT2D eigenvalue weighted by atomic mass is 16.2. The second-order valence-corrected chi connectivity index (χ2v) is 19.2. The van der Waals surface area contributed by atoms with Gasteiger partial charge >= 0.3 is 0 Å². The smallest absolute Gasteiger partial charge is 0.193 e. The highest BCUT2D eigenvalue weighted by Gasteiger charge is 2.46. The maximum absolute atomic E-state index is 13.6. The van der Waals surface area contributed by atoms with Crippen LogP contribution in [-0.2, 0) is 14.4 Å². The highest BCUT2D eigenvalue weighted by Crippen LogP contribution is 2.22. The zero-order valence-electron chi connectivity index (χ0n) is 40.7. The van der Waals surface area contributed by atoms with Gasteiger partial charge in [-0.15, -0.1) is 0 Å². The molecule has 2 N–H and O–H groups in total. The Morgan fingerprint density at radius 2 is 0.356 bits per heavy atom. The summed E-state index contributed by atoms with van der Waals surface area (Å²) >= 11 is 0. The number of carbonyl (C=O) groups is 3. The van der Waals surface area contributed by atoms with Crippen molar-refractivity contribution in [2.75, 3.05) is 0 Å². The molecule has 0 radical (unpaired) electrons. The molecule has 59 heavy (non-hydrogen) atoms. The first-order valence-electron chi connectivity index (χ1n) is 27.3. The van der Waals surface area contributed by atoms with E-state index in [0.717, 1.165) is 57.8 Å². The summed E-state index contributed by atoms with van der Waals surface area (Å²) in [6.45, 7) is 6.84. The normalized spacial score (nSPS) is 11.8. The molecule has 0 fully saturated rings. The molecule has 4 heteroatoms. The van der Waals surface area contributed by atoms with Gasteiger partial charge in [-0.25, -0.2) is 0 Å². The van der Waals surface area contributed by atoms with Crippen LogP contribution in [0, 0.1) is 0 Å². The van der Waals surface area contributed by atoms with Crippen LogP contribution < -0.4 is 5.73 Å². The van der Waals surface area contributed by atoms with Gasteiger partial charge in [0.25, 0.3) is 0 Å². The molecule has 0 amide bonds. The van der Waals surface area contributed by atoms with Crippen molar-refractivity contribution in [1.29, 1.82) is 0 Å². The Labute approximate surface area is 370 Å². The molecule has 0 rings (SSSR count). The van der Waals surface area contributed by atoms with Crippen molar-refractivity contribution < 1.29 is 14.4 Å². The van der Waals surface area contributed by atoms with Gasteiger partial charge in [0.05, 0.1) is 0 Å². The van der Waals surface area contributed by atoms with Crippen molar-refractivity contribution >= 4 is 17.3 Å². The third kappa shape index (κ3) is 37.3. The Kier molecular flexibility index (Phi) is 45.7. The summed E-state index contributed by atoms with van der Waals surface area (Å²) in [4.78, 5) is 40.9. The number of rotatable bonds is 51. The predicted octanol–water partition coefficient (Wildman–Crippen LogP) is 18.2. The van der Waals surface area contributed by atoms with Gasteiger partial charge in [0.2, 0.25) is 0 Å². The van der Waals surface area contributed by atoms with Gasteiger partial charge in [0.1, 0.15) is 0 Å². The fourth-order valence-corrected chi connectivity index (χ4v) is 9.03. The lowest BCUT2D eigenvalue weighted by molar-refractivity contribution is -0.142. The highest BCUT2D eigenvalue weighted by molar-refractivity contribution is 6.29. The first-order chi connectivity index (χ1) is 28.9. The minimum Gasteiger partial charge on any atom is -0.307 e. The van der Waals surface area contributed by atoms with Crippen LogP contribution >= 0.6 is 0 Å². The first-order valence-corrected chi connectivity index (χ1v) is 27.3. The van der Waals surface area contributed by atoms with Crippen LogP contribution in [0.3, 0.4) is 0 Å². The fraction of sp³-hybridized carbons (Fsp3) is 0.945. The van der Waals surface area contributed by atoms with Crippen LogP contribution in [0.5, 0.6) is 0 Å². The van der Waals surface area contributed by atoms with E-state index in [9.17, 15) is 14.4 Å². The number of unbranched alkanes of at least 4 members (excludes halogenated alkanes) is 42. The Bertz CT molecular complexity index is 787. The lowest BCUT2D eigenvalue weighted by Crippen LogP contribution is -2.61. The summed E-state index contributed by atoms with van der Waals surface area (Å²) in [6, 6.07) is 0. The fourth-order valence-electron chi connectivity index (χ4n) is 9.03. The number of nitrogens with two attached hydrogens (primary N) is 1. The van der Waals surface area contributed by atoms with Crippen LogP contribution in [0.4, 0.5) is 0 Å². The molecule has 0 aliphatic rings. The Morgan fingerprint density at radius 3 is 0.492 bits per heavy atom. The van der Waals surface area contributed by atoms with Crippen molar-refractivity contribution in [2.45, 2.75) is 335 Å².